The zero-order chi connectivity index (χ0) is 13.7. The van der Waals surface area contributed by atoms with E-state index in [2.05, 4.69) is 4.99 Å². The fourth-order valence-corrected chi connectivity index (χ4v) is 2.66. The number of carbonyl (C=O) groups excluding carboxylic acids is 2. The molecule has 0 N–H and O–H groups in total. The van der Waals surface area contributed by atoms with Crippen LogP contribution in [0.3, 0.4) is 0 Å². The molecule has 3 aromatic carbocycles. The Morgan fingerprint density at radius 2 is 1.55 bits per heavy atom. The molecular formula is C17H9NO2. The van der Waals surface area contributed by atoms with Gasteiger partial charge in [-0.3, -0.25) is 14.6 Å². The van der Waals surface area contributed by atoms with Crippen LogP contribution in [0.25, 0.3) is 21.5 Å². The summed E-state index contributed by atoms with van der Waals surface area (Å²) in [5, 5.41) is 3.89. The van der Waals surface area contributed by atoms with Crippen molar-refractivity contribution in [1.82, 2.24) is 0 Å². The van der Waals surface area contributed by atoms with Gasteiger partial charge in [-0.1, -0.05) is 30.3 Å². The van der Waals surface area contributed by atoms with Crippen molar-refractivity contribution in [2.45, 2.75) is 0 Å². The molecule has 20 heavy (non-hydrogen) atoms. The van der Waals surface area contributed by atoms with E-state index in [9.17, 15) is 9.59 Å². The third-order valence-corrected chi connectivity index (χ3v) is 3.64. The Bertz CT molecular complexity index is 938. The minimum atomic E-state index is -0.557. The van der Waals surface area contributed by atoms with Crippen molar-refractivity contribution >= 4 is 45.0 Å². The fraction of sp³-hybridized carbons (Fsp3) is 0. The molecule has 1 aliphatic heterocycles. The largest absolute Gasteiger partial charge is 0.285 e. The summed E-state index contributed by atoms with van der Waals surface area (Å²) in [6, 6.07) is 15.6. The van der Waals surface area contributed by atoms with Gasteiger partial charge in [0.15, 0.2) is 0 Å². The number of benzene rings is 3. The van der Waals surface area contributed by atoms with Crippen molar-refractivity contribution in [3.05, 3.63) is 54.1 Å². The number of hydrogen-bond donors (Lipinski definition) is 0. The molecule has 4 rings (SSSR count). The Hall–Kier alpha value is -2.81. The van der Waals surface area contributed by atoms with Gasteiger partial charge in [0.25, 0.3) is 0 Å². The van der Waals surface area contributed by atoms with Crippen LogP contribution in [0.2, 0.25) is 0 Å². The number of hydrogen-bond acceptors (Lipinski definition) is 3. The summed E-state index contributed by atoms with van der Waals surface area (Å²) < 4.78 is 0. The quantitative estimate of drug-likeness (QED) is 0.458. The minimum Gasteiger partial charge on any atom is -0.285 e. The number of nitrogens with zero attached hydrogens (tertiary/aromatic N) is 1. The highest BCUT2D eigenvalue weighted by Gasteiger charge is 2.24. The van der Waals surface area contributed by atoms with Crippen molar-refractivity contribution in [2.24, 2.45) is 4.99 Å². The van der Waals surface area contributed by atoms with E-state index in [0.717, 1.165) is 27.8 Å². The number of Topliss-reactive ketones (excluding diaryl/α,β-unsaturated/α-hetero) is 2. The second kappa shape index (κ2) is 3.84. The Morgan fingerprint density at radius 3 is 2.35 bits per heavy atom. The topological polar surface area (TPSA) is 46.5 Å². The van der Waals surface area contributed by atoms with Crippen molar-refractivity contribution in [2.75, 3.05) is 0 Å². The zero-order valence-corrected chi connectivity index (χ0v) is 10.5. The van der Waals surface area contributed by atoms with E-state index < -0.39 is 11.6 Å². The van der Waals surface area contributed by atoms with Gasteiger partial charge in [0, 0.05) is 0 Å². The lowest BCUT2D eigenvalue weighted by Gasteiger charge is -2.12. The fourth-order valence-electron chi connectivity index (χ4n) is 2.66. The summed E-state index contributed by atoms with van der Waals surface area (Å²) in [7, 11) is 0. The summed E-state index contributed by atoms with van der Waals surface area (Å²) in [5.74, 6) is -1.03. The number of carbonyl (C=O) groups is 2. The van der Waals surface area contributed by atoms with Gasteiger partial charge < -0.3 is 0 Å². The molecule has 0 saturated carbocycles. The molecule has 0 aliphatic carbocycles. The second-order valence-electron chi connectivity index (χ2n) is 4.83. The Balaban J connectivity index is 2.18. The molecule has 0 amide bonds. The van der Waals surface area contributed by atoms with E-state index in [-0.39, 0.29) is 0 Å². The van der Waals surface area contributed by atoms with Crippen LogP contribution in [0.4, 0.5) is 5.69 Å². The normalized spacial score (nSPS) is 14.0. The standard InChI is InChI=1S/C17H9NO2/c19-15-9-18-14-6-5-12-7-10-3-1-2-4-11(10)8-13(12)16(14)17(15)20/h1-9H. The molecule has 0 spiro atoms. The molecule has 94 valence electrons. The predicted molar refractivity (Wildman–Crippen MR) is 78.9 cm³/mol. The average Bonchev–Trinajstić information content (AvgIpc) is 2.48. The van der Waals surface area contributed by atoms with Crippen LogP contribution in [0.1, 0.15) is 10.4 Å². The SMILES string of the molecule is O=C1C=Nc2ccc3cc4ccccc4cc3c2C1=O. The third kappa shape index (κ3) is 1.43. The molecule has 3 aromatic rings. The molecule has 0 atom stereocenters. The summed E-state index contributed by atoms with van der Waals surface area (Å²) in [6.07, 6.45) is 1.09. The number of aliphatic imine (C=N–C) groups is 1. The molecule has 1 heterocycles. The second-order valence-corrected chi connectivity index (χ2v) is 4.83. The maximum Gasteiger partial charge on any atom is 0.244 e. The highest BCUT2D eigenvalue weighted by atomic mass is 16.2. The van der Waals surface area contributed by atoms with Gasteiger partial charge in [0.2, 0.25) is 11.6 Å². The van der Waals surface area contributed by atoms with E-state index in [1.807, 2.05) is 42.5 Å². The van der Waals surface area contributed by atoms with Gasteiger partial charge in [0.1, 0.15) is 0 Å². The molecule has 3 nitrogen and oxygen atoms in total. The van der Waals surface area contributed by atoms with Gasteiger partial charge in [-0.15, -0.1) is 0 Å². The molecule has 0 bridgehead atoms. The molecule has 0 unspecified atom stereocenters. The van der Waals surface area contributed by atoms with Crippen molar-refractivity contribution in [1.29, 1.82) is 0 Å². The first kappa shape index (κ1) is 11.1. The van der Waals surface area contributed by atoms with E-state index >= 15 is 0 Å². The molecule has 1 aliphatic rings. The van der Waals surface area contributed by atoms with Crippen LogP contribution in [0.5, 0.6) is 0 Å². The van der Waals surface area contributed by atoms with E-state index in [0.29, 0.717) is 11.3 Å². The lowest BCUT2D eigenvalue weighted by molar-refractivity contribution is -0.109. The van der Waals surface area contributed by atoms with Crippen LogP contribution in [-0.4, -0.2) is 17.8 Å². The monoisotopic (exact) mass is 259 g/mol. The molecule has 3 heteroatoms. The summed E-state index contributed by atoms with van der Waals surface area (Å²) in [6.45, 7) is 0. The van der Waals surface area contributed by atoms with E-state index in [4.69, 9.17) is 0 Å². The summed E-state index contributed by atoms with van der Waals surface area (Å²) in [5.41, 5.74) is 0.984. The first-order valence-corrected chi connectivity index (χ1v) is 6.32. The minimum absolute atomic E-state index is 0.417. The van der Waals surface area contributed by atoms with Crippen molar-refractivity contribution < 1.29 is 9.59 Å². The molecule has 0 radical (unpaired) electrons. The highest BCUT2D eigenvalue weighted by molar-refractivity contribution is 6.65. The zero-order valence-electron chi connectivity index (χ0n) is 10.5. The average molecular weight is 259 g/mol. The maximum absolute atomic E-state index is 12.1. The van der Waals surface area contributed by atoms with Gasteiger partial charge in [-0.2, -0.15) is 0 Å². The Morgan fingerprint density at radius 1 is 0.800 bits per heavy atom. The first-order valence-electron chi connectivity index (χ1n) is 6.32. The van der Waals surface area contributed by atoms with Gasteiger partial charge in [-0.25, -0.2) is 0 Å². The van der Waals surface area contributed by atoms with Gasteiger partial charge in [-0.05, 0) is 39.7 Å². The van der Waals surface area contributed by atoms with Crippen LogP contribution < -0.4 is 0 Å². The summed E-state index contributed by atoms with van der Waals surface area (Å²) >= 11 is 0. The molecule has 0 aromatic heterocycles. The van der Waals surface area contributed by atoms with Crippen molar-refractivity contribution in [3.63, 3.8) is 0 Å². The number of rotatable bonds is 0. The first-order chi connectivity index (χ1) is 9.74. The van der Waals surface area contributed by atoms with Gasteiger partial charge in [0.05, 0.1) is 17.5 Å². The highest BCUT2D eigenvalue weighted by Crippen LogP contribution is 2.33. The van der Waals surface area contributed by atoms with Crippen molar-refractivity contribution in [3.8, 4) is 0 Å². The maximum atomic E-state index is 12.1. The van der Waals surface area contributed by atoms with Crippen LogP contribution >= 0.6 is 0 Å². The van der Waals surface area contributed by atoms with Gasteiger partial charge >= 0.3 is 0 Å². The van der Waals surface area contributed by atoms with Crippen LogP contribution in [0.15, 0.2) is 53.5 Å². The lowest BCUT2D eigenvalue weighted by atomic mass is 9.94. The van der Waals surface area contributed by atoms with E-state index in [1.165, 1.54) is 0 Å². The molecule has 0 saturated heterocycles. The number of ketones is 2. The summed E-state index contributed by atoms with van der Waals surface area (Å²) in [4.78, 5) is 27.8. The molecule has 0 fully saturated rings. The Kier molecular flexibility index (Phi) is 2.12. The third-order valence-electron chi connectivity index (χ3n) is 3.64. The molecular weight excluding hydrogens is 250 g/mol. The number of fused-ring (bicyclic) bond motifs is 4. The smallest absolute Gasteiger partial charge is 0.244 e. The predicted octanol–water partition coefficient (Wildman–Crippen LogP) is 3.46. The lowest BCUT2D eigenvalue weighted by Crippen LogP contribution is -2.19. The Labute approximate surface area is 114 Å². The van der Waals surface area contributed by atoms with Crippen LogP contribution in [-0.2, 0) is 4.79 Å². The van der Waals surface area contributed by atoms with Crippen LogP contribution in [0, 0.1) is 0 Å². The van der Waals surface area contributed by atoms with E-state index in [1.54, 1.807) is 6.07 Å².